The minimum atomic E-state index is -0.922. The Morgan fingerprint density at radius 1 is 1.05 bits per heavy atom. The quantitative estimate of drug-likeness (QED) is 0.898. The first-order chi connectivity index (χ1) is 8.65. The van der Waals surface area contributed by atoms with E-state index in [1.165, 1.54) is 5.56 Å². The van der Waals surface area contributed by atoms with Gasteiger partial charge < -0.3 is 5.73 Å². The number of hydrogen-bond acceptors (Lipinski definition) is 2. The van der Waals surface area contributed by atoms with E-state index in [1.807, 2.05) is 12.1 Å². The van der Waals surface area contributed by atoms with Crippen LogP contribution in [0.25, 0.3) is 0 Å². The van der Waals surface area contributed by atoms with Crippen molar-refractivity contribution in [3.63, 3.8) is 0 Å². The highest BCUT2D eigenvalue weighted by Crippen LogP contribution is 2.24. The molecule has 0 spiro atoms. The van der Waals surface area contributed by atoms with Crippen LogP contribution in [0, 0.1) is 5.41 Å². The van der Waals surface area contributed by atoms with E-state index < -0.39 is 10.8 Å². The second-order valence-corrected chi connectivity index (χ2v) is 8.51. The summed E-state index contributed by atoms with van der Waals surface area (Å²) in [6.45, 7) is 11.4. The molecule has 0 fully saturated rings. The van der Waals surface area contributed by atoms with E-state index in [0.717, 1.165) is 11.3 Å². The highest BCUT2D eigenvalue weighted by Gasteiger charge is 2.18. The summed E-state index contributed by atoms with van der Waals surface area (Å²) in [7, 11) is -0.922. The molecule has 0 saturated heterocycles. The Morgan fingerprint density at radius 3 is 2.00 bits per heavy atom. The third kappa shape index (κ3) is 5.07. The van der Waals surface area contributed by atoms with E-state index in [2.05, 4.69) is 46.8 Å². The number of benzene rings is 1. The molecule has 0 aliphatic rings. The van der Waals surface area contributed by atoms with Crippen LogP contribution >= 0.6 is 0 Å². The summed E-state index contributed by atoms with van der Waals surface area (Å²) >= 11 is 0. The molecule has 0 amide bonds. The zero-order valence-corrected chi connectivity index (χ0v) is 13.6. The Morgan fingerprint density at radius 2 is 1.58 bits per heavy atom. The SMILES string of the molecule is CC(C)(CN)CCS(=O)c1ccc(C(C)(C)C)cc1. The predicted molar refractivity (Wildman–Crippen MR) is 83.9 cm³/mol. The Balaban J connectivity index is 2.69. The molecule has 1 rings (SSSR count). The molecule has 0 aliphatic carbocycles. The van der Waals surface area contributed by atoms with Crippen LogP contribution in [-0.2, 0) is 16.2 Å². The van der Waals surface area contributed by atoms with Crippen LogP contribution in [0.5, 0.6) is 0 Å². The average Bonchev–Trinajstić information content (AvgIpc) is 2.35. The zero-order chi connectivity index (χ0) is 14.7. The lowest BCUT2D eigenvalue weighted by Crippen LogP contribution is -2.25. The van der Waals surface area contributed by atoms with Crippen LogP contribution in [0.15, 0.2) is 29.2 Å². The van der Waals surface area contributed by atoms with Crippen molar-refractivity contribution in [1.29, 1.82) is 0 Å². The van der Waals surface area contributed by atoms with Gasteiger partial charge in [0, 0.05) is 10.6 Å². The van der Waals surface area contributed by atoms with Gasteiger partial charge in [-0.2, -0.15) is 0 Å². The largest absolute Gasteiger partial charge is 0.330 e. The monoisotopic (exact) mass is 281 g/mol. The van der Waals surface area contributed by atoms with Crippen molar-refractivity contribution < 1.29 is 4.21 Å². The standard InChI is InChI=1S/C16H27NOS/c1-15(2,3)13-6-8-14(9-7-13)19(18)11-10-16(4,5)12-17/h6-9H,10-12,17H2,1-5H3. The van der Waals surface area contributed by atoms with Gasteiger partial charge in [0.05, 0.1) is 10.8 Å². The molecule has 3 heteroatoms. The summed E-state index contributed by atoms with van der Waals surface area (Å²) in [6.07, 6.45) is 0.886. The van der Waals surface area contributed by atoms with Gasteiger partial charge >= 0.3 is 0 Å². The van der Waals surface area contributed by atoms with Gasteiger partial charge in [0.2, 0.25) is 0 Å². The number of rotatable bonds is 5. The van der Waals surface area contributed by atoms with E-state index in [4.69, 9.17) is 5.73 Å². The lowest BCUT2D eigenvalue weighted by Gasteiger charge is -2.22. The highest BCUT2D eigenvalue weighted by atomic mass is 32.2. The molecule has 108 valence electrons. The molecular formula is C16H27NOS. The van der Waals surface area contributed by atoms with E-state index in [0.29, 0.717) is 12.3 Å². The van der Waals surface area contributed by atoms with Crippen LogP contribution in [0.3, 0.4) is 0 Å². The Bertz CT molecular complexity index is 429. The summed E-state index contributed by atoms with van der Waals surface area (Å²) in [5.41, 5.74) is 7.18. The maximum Gasteiger partial charge on any atom is 0.0529 e. The minimum Gasteiger partial charge on any atom is -0.330 e. The molecule has 0 radical (unpaired) electrons. The first-order valence-corrected chi connectivity index (χ1v) is 8.17. The predicted octanol–water partition coefficient (Wildman–Crippen LogP) is 3.47. The molecule has 2 nitrogen and oxygen atoms in total. The van der Waals surface area contributed by atoms with Crippen LogP contribution in [0.2, 0.25) is 0 Å². The smallest absolute Gasteiger partial charge is 0.0529 e. The van der Waals surface area contributed by atoms with E-state index in [1.54, 1.807) is 0 Å². The summed E-state index contributed by atoms with van der Waals surface area (Å²) < 4.78 is 12.2. The average molecular weight is 281 g/mol. The first kappa shape index (κ1) is 16.4. The van der Waals surface area contributed by atoms with Gasteiger partial charge in [0.25, 0.3) is 0 Å². The second kappa shape index (κ2) is 6.19. The van der Waals surface area contributed by atoms with Crippen LogP contribution in [-0.4, -0.2) is 16.5 Å². The fraction of sp³-hybridized carbons (Fsp3) is 0.625. The van der Waals surface area contributed by atoms with E-state index in [-0.39, 0.29) is 10.8 Å². The first-order valence-electron chi connectivity index (χ1n) is 6.85. The Labute approximate surface area is 120 Å². The molecule has 0 saturated carbocycles. The summed E-state index contributed by atoms with van der Waals surface area (Å²) in [4.78, 5) is 0.917. The van der Waals surface area contributed by atoms with Crippen molar-refractivity contribution in [3.05, 3.63) is 29.8 Å². The molecule has 1 aromatic carbocycles. The van der Waals surface area contributed by atoms with Gasteiger partial charge in [-0.1, -0.05) is 46.8 Å². The van der Waals surface area contributed by atoms with Gasteiger partial charge in [0.15, 0.2) is 0 Å². The summed E-state index contributed by atoms with van der Waals surface area (Å²) in [5.74, 6) is 0.680. The van der Waals surface area contributed by atoms with E-state index in [9.17, 15) is 4.21 Å². The van der Waals surface area contributed by atoms with Crippen molar-refractivity contribution in [3.8, 4) is 0 Å². The zero-order valence-electron chi connectivity index (χ0n) is 12.8. The molecular weight excluding hydrogens is 254 g/mol. The lowest BCUT2D eigenvalue weighted by atomic mass is 9.87. The normalized spacial score (nSPS) is 14.4. The summed E-state index contributed by atoms with van der Waals surface area (Å²) in [5, 5.41) is 0. The maximum absolute atomic E-state index is 12.2. The van der Waals surface area contributed by atoms with Crippen molar-refractivity contribution in [1.82, 2.24) is 0 Å². The van der Waals surface area contributed by atoms with Crippen molar-refractivity contribution in [2.75, 3.05) is 12.3 Å². The second-order valence-electron chi connectivity index (χ2n) is 6.94. The van der Waals surface area contributed by atoms with Crippen LogP contribution < -0.4 is 5.73 Å². The van der Waals surface area contributed by atoms with Crippen LogP contribution in [0.1, 0.15) is 46.6 Å². The molecule has 19 heavy (non-hydrogen) atoms. The third-order valence-corrected chi connectivity index (χ3v) is 4.87. The molecule has 1 atom stereocenters. The molecule has 0 heterocycles. The molecule has 1 aromatic rings. The number of nitrogens with two attached hydrogens (primary N) is 1. The van der Waals surface area contributed by atoms with Crippen LogP contribution in [0.4, 0.5) is 0 Å². The third-order valence-electron chi connectivity index (χ3n) is 3.50. The molecule has 0 aliphatic heterocycles. The molecule has 1 unspecified atom stereocenters. The maximum atomic E-state index is 12.2. The number of hydrogen-bond donors (Lipinski definition) is 1. The molecule has 0 aromatic heterocycles. The molecule has 2 N–H and O–H groups in total. The Kier molecular flexibility index (Phi) is 5.34. The minimum absolute atomic E-state index is 0.0704. The lowest BCUT2D eigenvalue weighted by molar-refractivity contribution is 0.367. The van der Waals surface area contributed by atoms with Gasteiger partial charge in [-0.25, -0.2) is 0 Å². The van der Waals surface area contributed by atoms with Gasteiger partial charge in [-0.15, -0.1) is 0 Å². The van der Waals surface area contributed by atoms with Crippen molar-refractivity contribution >= 4 is 10.8 Å². The topological polar surface area (TPSA) is 43.1 Å². The van der Waals surface area contributed by atoms with Gasteiger partial charge in [-0.05, 0) is 41.5 Å². The fourth-order valence-corrected chi connectivity index (χ4v) is 3.11. The van der Waals surface area contributed by atoms with Crippen molar-refractivity contribution in [2.24, 2.45) is 11.1 Å². The fourth-order valence-electron chi connectivity index (χ4n) is 1.70. The van der Waals surface area contributed by atoms with Crippen molar-refractivity contribution in [2.45, 2.75) is 51.3 Å². The van der Waals surface area contributed by atoms with Gasteiger partial charge in [0.1, 0.15) is 0 Å². The summed E-state index contributed by atoms with van der Waals surface area (Å²) in [6, 6.07) is 8.15. The Hall–Kier alpha value is -0.670. The van der Waals surface area contributed by atoms with Gasteiger partial charge in [-0.3, -0.25) is 4.21 Å². The van der Waals surface area contributed by atoms with E-state index >= 15 is 0 Å². The highest BCUT2D eigenvalue weighted by molar-refractivity contribution is 7.85. The molecule has 0 bridgehead atoms.